The molecule has 2 N–H and O–H groups in total. The highest BCUT2D eigenvalue weighted by Crippen LogP contribution is 2.52. The SMILES string of the molecule is Oc1c([C@H]2OC[C@@H]3CCCN32)cc2ccccc2c1-c1c(O)c([C@H]2OC[C@@H]3CCCN32)cc2ccccc12. The Morgan fingerprint density at radius 3 is 1.55 bits per heavy atom. The number of phenolic OH excluding ortho intramolecular Hbond substituents is 2. The Bertz CT molecular complexity index is 1450. The van der Waals surface area contributed by atoms with Crippen molar-refractivity contribution in [3.63, 3.8) is 0 Å². The molecule has 0 aromatic heterocycles. The monoisotopic (exact) mass is 508 g/mol. The topological polar surface area (TPSA) is 65.4 Å². The van der Waals surface area contributed by atoms with Crippen LogP contribution in [0.25, 0.3) is 32.7 Å². The molecule has 0 bridgehead atoms. The van der Waals surface area contributed by atoms with Gasteiger partial charge in [0.2, 0.25) is 0 Å². The van der Waals surface area contributed by atoms with Gasteiger partial charge in [0.1, 0.15) is 24.0 Å². The summed E-state index contributed by atoms with van der Waals surface area (Å²) < 4.78 is 12.5. The van der Waals surface area contributed by atoms with Gasteiger partial charge in [-0.25, -0.2) is 0 Å². The molecule has 4 aliphatic rings. The number of nitrogens with zero attached hydrogens (tertiary/aromatic N) is 2. The summed E-state index contributed by atoms with van der Waals surface area (Å²) in [6, 6.07) is 21.2. The van der Waals surface area contributed by atoms with Gasteiger partial charge >= 0.3 is 0 Å². The van der Waals surface area contributed by atoms with E-state index >= 15 is 0 Å². The van der Waals surface area contributed by atoms with Crippen molar-refractivity contribution in [2.45, 2.75) is 50.2 Å². The Morgan fingerprint density at radius 2 is 1.08 bits per heavy atom. The lowest BCUT2D eigenvalue weighted by Crippen LogP contribution is -2.26. The van der Waals surface area contributed by atoms with Crippen LogP contribution in [0.5, 0.6) is 11.5 Å². The Labute approximate surface area is 222 Å². The van der Waals surface area contributed by atoms with E-state index in [-0.39, 0.29) is 24.0 Å². The fourth-order valence-electron chi connectivity index (χ4n) is 7.42. The number of fused-ring (bicyclic) bond motifs is 4. The van der Waals surface area contributed by atoms with Crippen LogP contribution in [0.2, 0.25) is 0 Å². The second kappa shape index (κ2) is 8.68. The van der Waals surface area contributed by atoms with Crippen LogP contribution in [0.3, 0.4) is 0 Å². The lowest BCUT2D eigenvalue weighted by atomic mass is 9.88. The summed E-state index contributed by atoms with van der Waals surface area (Å²) >= 11 is 0. The van der Waals surface area contributed by atoms with E-state index in [4.69, 9.17) is 9.47 Å². The maximum absolute atomic E-state index is 12.1. The van der Waals surface area contributed by atoms with E-state index in [9.17, 15) is 10.2 Å². The minimum absolute atomic E-state index is 0.185. The molecular weight excluding hydrogens is 476 g/mol. The highest BCUT2D eigenvalue weighted by molar-refractivity contribution is 6.10. The average Bonchev–Trinajstić information content (AvgIpc) is 3.72. The number of benzene rings is 4. The van der Waals surface area contributed by atoms with Gasteiger partial charge in [-0.1, -0.05) is 48.5 Å². The van der Waals surface area contributed by atoms with Gasteiger partial charge in [-0.3, -0.25) is 9.80 Å². The van der Waals surface area contributed by atoms with E-state index < -0.39 is 0 Å². The first kappa shape index (κ1) is 22.8. The van der Waals surface area contributed by atoms with Gasteiger partial charge in [0.05, 0.1) is 13.2 Å². The molecule has 4 fully saturated rings. The predicted octanol–water partition coefficient (Wildman–Crippen LogP) is 6.06. The zero-order chi connectivity index (χ0) is 25.4. The summed E-state index contributed by atoms with van der Waals surface area (Å²) in [5.41, 5.74) is 2.87. The molecule has 0 saturated carbocycles. The van der Waals surface area contributed by atoms with Gasteiger partial charge < -0.3 is 19.7 Å². The average molecular weight is 509 g/mol. The number of aromatic hydroxyl groups is 2. The molecule has 0 radical (unpaired) electrons. The van der Waals surface area contributed by atoms with Crippen LogP contribution in [0.4, 0.5) is 0 Å². The van der Waals surface area contributed by atoms with Crippen molar-refractivity contribution in [1.82, 2.24) is 9.80 Å². The van der Waals surface area contributed by atoms with Crippen molar-refractivity contribution in [3.8, 4) is 22.6 Å². The molecular formula is C32H32N2O4. The second-order valence-corrected chi connectivity index (χ2v) is 11.3. The predicted molar refractivity (Wildman–Crippen MR) is 147 cm³/mol. The van der Waals surface area contributed by atoms with E-state index in [1.807, 2.05) is 36.4 Å². The fraction of sp³-hybridized carbons (Fsp3) is 0.375. The first-order valence-electron chi connectivity index (χ1n) is 13.9. The molecule has 0 aliphatic carbocycles. The van der Waals surface area contributed by atoms with Crippen LogP contribution in [0, 0.1) is 0 Å². The lowest BCUT2D eigenvalue weighted by Gasteiger charge is -2.27. The third kappa shape index (κ3) is 3.27. The second-order valence-electron chi connectivity index (χ2n) is 11.3. The number of hydrogen-bond donors (Lipinski definition) is 2. The summed E-state index contributed by atoms with van der Waals surface area (Å²) in [4.78, 5) is 4.75. The number of ether oxygens (including phenoxy) is 2. The normalized spacial score (nSPS) is 27.5. The molecule has 4 aliphatic heterocycles. The lowest BCUT2D eigenvalue weighted by molar-refractivity contribution is 0.0332. The molecule has 4 saturated heterocycles. The standard InChI is InChI=1S/C32H32N2O4/c35-29-25(31-33-13-5-9-21(33)17-37-31)15-19-7-1-3-11-23(19)27(29)28-24-12-4-2-8-20(24)16-26(30(28)36)32-34-14-6-10-22(34)18-38-32/h1-4,7-8,11-12,15-16,21-22,31-32,35-36H,5-6,9-10,13-14,17-18H2/t21-,22-,31+,32+/m0/s1. The maximum Gasteiger partial charge on any atom is 0.140 e. The van der Waals surface area contributed by atoms with Crippen LogP contribution in [-0.4, -0.2) is 58.4 Å². The summed E-state index contributed by atoms with van der Waals surface area (Å²) in [5, 5.41) is 28.0. The molecule has 6 heteroatoms. The zero-order valence-corrected chi connectivity index (χ0v) is 21.3. The molecule has 6 nitrogen and oxygen atoms in total. The van der Waals surface area contributed by atoms with Crippen LogP contribution in [0.15, 0.2) is 60.7 Å². The van der Waals surface area contributed by atoms with E-state index in [2.05, 4.69) is 34.1 Å². The van der Waals surface area contributed by atoms with Crippen molar-refractivity contribution in [2.75, 3.05) is 26.3 Å². The summed E-state index contributed by atoms with van der Waals surface area (Å²) in [6.07, 6.45) is 3.99. The number of hydrogen-bond acceptors (Lipinski definition) is 6. The molecule has 0 amide bonds. The van der Waals surface area contributed by atoms with E-state index in [0.717, 1.165) is 71.4 Å². The van der Waals surface area contributed by atoms with E-state index in [1.54, 1.807) is 0 Å². The van der Waals surface area contributed by atoms with Crippen molar-refractivity contribution in [3.05, 3.63) is 71.8 Å². The summed E-state index contributed by atoms with van der Waals surface area (Å²) in [7, 11) is 0. The van der Waals surface area contributed by atoms with Crippen LogP contribution in [-0.2, 0) is 9.47 Å². The number of phenols is 2. The molecule has 0 unspecified atom stereocenters. The minimum atomic E-state index is -0.286. The van der Waals surface area contributed by atoms with Crippen molar-refractivity contribution in [1.29, 1.82) is 0 Å². The minimum Gasteiger partial charge on any atom is -0.507 e. The molecule has 4 aromatic carbocycles. The first-order valence-corrected chi connectivity index (χ1v) is 13.9. The van der Waals surface area contributed by atoms with E-state index in [0.29, 0.717) is 36.4 Å². The van der Waals surface area contributed by atoms with Gasteiger partial charge in [0.25, 0.3) is 0 Å². The van der Waals surface area contributed by atoms with Gasteiger partial charge in [0, 0.05) is 47.4 Å². The largest absolute Gasteiger partial charge is 0.507 e. The van der Waals surface area contributed by atoms with Crippen LogP contribution < -0.4 is 0 Å². The summed E-state index contributed by atoms with van der Waals surface area (Å²) in [6.45, 7) is 3.31. The number of rotatable bonds is 3. The van der Waals surface area contributed by atoms with Crippen molar-refractivity contribution >= 4 is 21.5 Å². The smallest absolute Gasteiger partial charge is 0.140 e. The molecule has 38 heavy (non-hydrogen) atoms. The van der Waals surface area contributed by atoms with Gasteiger partial charge in [0.15, 0.2) is 0 Å². The third-order valence-corrected chi connectivity index (χ3v) is 9.23. The van der Waals surface area contributed by atoms with E-state index in [1.165, 1.54) is 0 Å². The molecule has 4 aromatic rings. The van der Waals surface area contributed by atoms with Gasteiger partial charge in [-0.2, -0.15) is 0 Å². The first-order chi connectivity index (χ1) is 18.7. The highest BCUT2D eigenvalue weighted by atomic mass is 16.5. The van der Waals surface area contributed by atoms with Crippen LogP contribution >= 0.6 is 0 Å². The third-order valence-electron chi connectivity index (χ3n) is 9.23. The Hall–Kier alpha value is -3.16. The highest BCUT2D eigenvalue weighted by Gasteiger charge is 2.42. The molecule has 194 valence electrons. The zero-order valence-electron chi connectivity index (χ0n) is 21.3. The Balaban J connectivity index is 1.40. The maximum atomic E-state index is 12.1. The van der Waals surface area contributed by atoms with Gasteiger partial charge in [-0.15, -0.1) is 0 Å². The quantitative estimate of drug-likeness (QED) is 0.351. The molecule has 4 heterocycles. The van der Waals surface area contributed by atoms with Crippen LogP contribution in [0.1, 0.15) is 49.3 Å². The van der Waals surface area contributed by atoms with Crippen molar-refractivity contribution in [2.24, 2.45) is 0 Å². The Morgan fingerprint density at radius 1 is 0.632 bits per heavy atom. The van der Waals surface area contributed by atoms with Crippen molar-refractivity contribution < 1.29 is 19.7 Å². The molecule has 0 spiro atoms. The fourth-order valence-corrected chi connectivity index (χ4v) is 7.42. The summed E-state index contributed by atoms with van der Waals surface area (Å²) in [5.74, 6) is 0.371. The Kier molecular flexibility index (Phi) is 5.21. The molecule has 8 rings (SSSR count). The van der Waals surface area contributed by atoms with Gasteiger partial charge in [-0.05, 0) is 59.4 Å². The molecule has 4 atom stereocenters.